The molecule has 0 spiro atoms. The fourth-order valence-electron chi connectivity index (χ4n) is 1.95. The molecule has 0 fully saturated rings. The third-order valence-electron chi connectivity index (χ3n) is 2.97. The van der Waals surface area contributed by atoms with Crippen LogP contribution in [0, 0.1) is 0 Å². The van der Waals surface area contributed by atoms with E-state index in [0.29, 0.717) is 6.04 Å². The van der Waals surface area contributed by atoms with E-state index in [0.717, 1.165) is 30.2 Å². The van der Waals surface area contributed by atoms with E-state index in [2.05, 4.69) is 11.4 Å². The van der Waals surface area contributed by atoms with Crippen LogP contribution in [0.5, 0.6) is 0 Å². The summed E-state index contributed by atoms with van der Waals surface area (Å²) in [6.07, 6.45) is 4.16. The lowest BCUT2D eigenvalue weighted by Gasteiger charge is -2.22. The fraction of sp³-hybridized carbons (Fsp3) is 0.429. The summed E-state index contributed by atoms with van der Waals surface area (Å²) in [5.41, 5.74) is 1.36. The second-order valence-corrected chi connectivity index (χ2v) is 5.81. The van der Waals surface area contributed by atoms with Crippen LogP contribution in [0.15, 0.2) is 41.0 Å². The molecule has 1 atom stereocenters. The predicted molar refractivity (Wildman–Crippen MR) is 78.3 cm³/mol. The summed E-state index contributed by atoms with van der Waals surface area (Å²) >= 11 is 7.80. The van der Waals surface area contributed by atoms with Gasteiger partial charge in [0, 0.05) is 21.7 Å². The highest BCUT2D eigenvalue weighted by atomic mass is 35.5. The maximum atomic E-state index is 5.98. The highest BCUT2D eigenvalue weighted by molar-refractivity contribution is 7.99. The molecule has 0 saturated carbocycles. The largest absolute Gasteiger partial charge is 0.501 e. The first kappa shape index (κ1) is 13.8. The number of benzene rings is 1. The van der Waals surface area contributed by atoms with Crippen LogP contribution in [0.25, 0.3) is 0 Å². The Labute approximate surface area is 118 Å². The second kappa shape index (κ2) is 7.07. The molecule has 2 nitrogen and oxygen atoms in total. The van der Waals surface area contributed by atoms with Crippen molar-refractivity contribution >= 4 is 23.4 Å². The van der Waals surface area contributed by atoms with E-state index in [4.69, 9.17) is 16.3 Å². The molecular weight excluding hydrogens is 266 g/mol. The Bertz CT molecular complexity index is 422. The standard InChI is InChI=1S/C14H18ClNOS/c1-16-14(11-4-3-7-17-9-11)10-18-13-6-2-5-12(15)8-13/h2,5-6,8-9,14,16H,3-4,7,10H2,1H3. The number of halogens is 1. The maximum Gasteiger partial charge on any atom is 0.0876 e. The topological polar surface area (TPSA) is 21.3 Å². The minimum absolute atomic E-state index is 0.370. The molecule has 0 saturated heterocycles. The molecule has 1 N–H and O–H groups in total. The van der Waals surface area contributed by atoms with Crippen molar-refractivity contribution in [3.8, 4) is 0 Å². The Morgan fingerprint density at radius 3 is 3.06 bits per heavy atom. The molecule has 1 aromatic carbocycles. The van der Waals surface area contributed by atoms with Crippen LogP contribution in [-0.2, 0) is 4.74 Å². The van der Waals surface area contributed by atoms with Gasteiger partial charge in [-0.3, -0.25) is 0 Å². The molecule has 98 valence electrons. The molecule has 0 aliphatic carbocycles. The van der Waals surface area contributed by atoms with Gasteiger partial charge in [-0.15, -0.1) is 11.8 Å². The molecule has 2 rings (SSSR count). The minimum atomic E-state index is 0.370. The second-order valence-electron chi connectivity index (χ2n) is 4.28. The van der Waals surface area contributed by atoms with Gasteiger partial charge in [0.05, 0.1) is 12.9 Å². The van der Waals surface area contributed by atoms with Gasteiger partial charge in [-0.05, 0) is 43.7 Å². The quantitative estimate of drug-likeness (QED) is 0.833. The Hall–Kier alpha value is -0.640. The Morgan fingerprint density at radius 2 is 2.39 bits per heavy atom. The van der Waals surface area contributed by atoms with E-state index in [-0.39, 0.29) is 0 Å². The number of hydrogen-bond donors (Lipinski definition) is 1. The van der Waals surface area contributed by atoms with E-state index in [1.165, 1.54) is 10.5 Å². The van der Waals surface area contributed by atoms with Gasteiger partial charge in [0.1, 0.15) is 0 Å². The number of ether oxygens (including phenoxy) is 1. The molecule has 1 aromatic rings. The van der Waals surface area contributed by atoms with Gasteiger partial charge in [0.2, 0.25) is 0 Å². The summed E-state index contributed by atoms with van der Waals surface area (Å²) < 4.78 is 5.40. The zero-order valence-electron chi connectivity index (χ0n) is 10.5. The third-order valence-corrected chi connectivity index (χ3v) is 4.29. The van der Waals surface area contributed by atoms with E-state index in [1.807, 2.05) is 43.3 Å². The molecule has 1 unspecified atom stereocenters. The lowest BCUT2D eigenvalue weighted by atomic mass is 10.0. The Morgan fingerprint density at radius 1 is 1.50 bits per heavy atom. The average Bonchev–Trinajstić information content (AvgIpc) is 2.41. The third kappa shape index (κ3) is 3.94. The van der Waals surface area contributed by atoms with Crippen molar-refractivity contribution in [2.75, 3.05) is 19.4 Å². The molecule has 0 aromatic heterocycles. The molecule has 1 heterocycles. The normalized spacial score (nSPS) is 16.9. The summed E-state index contributed by atoms with van der Waals surface area (Å²) in [5, 5.41) is 4.15. The minimum Gasteiger partial charge on any atom is -0.501 e. The molecule has 1 aliphatic heterocycles. The van der Waals surface area contributed by atoms with Crippen molar-refractivity contribution in [2.24, 2.45) is 0 Å². The fourth-order valence-corrected chi connectivity index (χ4v) is 3.33. The average molecular weight is 284 g/mol. The summed E-state index contributed by atoms with van der Waals surface area (Å²) in [6.45, 7) is 0.849. The van der Waals surface area contributed by atoms with Crippen LogP contribution < -0.4 is 5.32 Å². The van der Waals surface area contributed by atoms with Crippen molar-refractivity contribution in [1.29, 1.82) is 0 Å². The zero-order chi connectivity index (χ0) is 12.8. The van der Waals surface area contributed by atoms with Gasteiger partial charge in [0.15, 0.2) is 0 Å². The monoisotopic (exact) mass is 283 g/mol. The smallest absolute Gasteiger partial charge is 0.0876 e. The first-order valence-electron chi connectivity index (χ1n) is 6.16. The van der Waals surface area contributed by atoms with Crippen LogP contribution in [0.4, 0.5) is 0 Å². The predicted octanol–water partition coefficient (Wildman–Crippen LogP) is 3.71. The van der Waals surface area contributed by atoms with E-state index in [1.54, 1.807) is 0 Å². The van der Waals surface area contributed by atoms with Gasteiger partial charge < -0.3 is 10.1 Å². The molecule has 4 heteroatoms. The molecule has 0 radical (unpaired) electrons. The molecule has 1 aliphatic rings. The van der Waals surface area contributed by atoms with Crippen molar-refractivity contribution in [2.45, 2.75) is 23.8 Å². The number of likely N-dealkylation sites (N-methyl/N-ethyl adjacent to an activating group) is 1. The highest BCUT2D eigenvalue weighted by Crippen LogP contribution is 2.25. The van der Waals surface area contributed by atoms with Crippen molar-refractivity contribution in [3.63, 3.8) is 0 Å². The van der Waals surface area contributed by atoms with Gasteiger partial charge in [-0.25, -0.2) is 0 Å². The number of hydrogen-bond acceptors (Lipinski definition) is 3. The molecule has 0 amide bonds. The first-order chi connectivity index (χ1) is 8.79. The van der Waals surface area contributed by atoms with Gasteiger partial charge >= 0.3 is 0 Å². The lowest BCUT2D eigenvalue weighted by Crippen LogP contribution is -2.31. The van der Waals surface area contributed by atoms with Crippen LogP contribution in [0.1, 0.15) is 12.8 Å². The Balaban J connectivity index is 1.92. The van der Waals surface area contributed by atoms with E-state index >= 15 is 0 Å². The molecular formula is C14H18ClNOS. The lowest BCUT2D eigenvalue weighted by molar-refractivity contribution is 0.221. The van der Waals surface area contributed by atoms with Crippen LogP contribution >= 0.6 is 23.4 Å². The number of thioether (sulfide) groups is 1. The van der Waals surface area contributed by atoms with Crippen LogP contribution in [0.3, 0.4) is 0 Å². The van der Waals surface area contributed by atoms with Gasteiger partial charge in [-0.1, -0.05) is 17.7 Å². The zero-order valence-corrected chi connectivity index (χ0v) is 12.1. The van der Waals surface area contributed by atoms with Crippen LogP contribution in [0.2, 0.25) is 5.02 Å². The number of nitrogens with one attached hydrogen (secondary N) is 1. The van der Waals surface area contributed by atoms with Gasteiger partial charge in [-0.2, -0.15) is 0 Å². The maximum absolute atomic E-state index is 5.98. The number of rotatable bonds is 5. The van der Waals surface area contributed by atoms with Crippen molar-refractivity contribution in [3.05, 3.63) is 41.1 Å². The van der Waals surface area contributed by atoms with E-state index in [9.17, 15) is 0 Å². The van der Waals surface area contributed by atoms with Gasteiger partial charge in [0.25, 0.3) is 0 Å². The highest BCUT2D eigenvalue weighted by Gasteiger charge is 2.15. The van der Waals surface area contributed by atoms with E-state index < -0.39 is 0 Å². The summed E-state index contributed by atoms with van der Waals surface area (Å²) in [6, 6.07) is 8.36. The first-order valence-corrected chi connectivity index (χ1v) is 7.52. The van der Waals surface area contributed by atoms with Crippen molar-refractivity contribution < 1.29 is 4.74 Å². The molecule has 0 bridgehead atoms. The Kier molecular flexibility index (Phi) is 5.42. The summed E-state index contributed by atoms with van der Waals surface area (Å²) in [7, 11) is 2.00. The van der Waals surface area contributed by atoms with Crippen LogP contribution in [-0.4, -0.2) is 25.4 Å². The SMILES string of the molecule is CNC(CSc1cccc(Cl)c1)C1=COCCC1. The summed E-state index contributed by atoms with van der Waals surface area (Å²) in [4.78, 5) is 1.21. The van der Waals surface area contributed by atoms with Crippen molar-refractivity contribution in [1.82, 2.24) is 5.32 Å². The molecule has 18 heavy (non-hydrogen) atoms. The summed E-state index contributed by atoms with van der Waals surface area (Å²) in [5.74, 6) is 0.992.